The topological polar surface area (TPSA) is 55.1 Å². The number of rotatable bonds is 7. The third-order valence-corrected chi connectivity index (χ3v) is 5.03. The van der Waals surface area contributed by atoms with Crippen LogP contribution in [0.2, 0.25) is 0 Å². The Morgan fingerprint density at radius 1 is 0.926 bits per heavy atom. The minimum atomic E-state index is -0.731. The monoisotopic (exact) mass is 358 g/mol. The number of carboxylic acids is 1. The molecule has 0 amide bonds. The van der Waals surface area contributed by atoms with Crippen LogP contribution in [0.15, 0.2) is 67.0 Å². The molecule has 0 aliphatic carbocycles. The summed E-state index contributed by atoms with van der Waals surface area (Å²) in [5.41, 5.74) is 4.79. The van der Waals surface area contributed by atoms with Gasteiger partial charge in [0.25, 0.3) is 0 Å². The molecule has 136 valence electrons. The number of aliphatic carboxylic acids is 1. The smallest absolute Gasteiger partial charge is 0.303 e. The summed E-state index contributed by atoms with van der Waals surface area (Å²) in [6.07, 6.45) is 6.48. The van der Waals surface area contributed by atoms with Crippen molar-refractivity contribution in [3.8, 4) is 0 Å². The van der Waals surface area contributed by atoms with E-state index < -0.39 is 5.97 Å². The summed E-state index contributed by atoms with van der Waals surface area (Å²) in [7, 11) is 0. The second-order valence-electron chi connectivity index (χ2n) is 6.88. The number of unbranched alkanes of at least 4 members (excludes halogenated alkanes) is 1. The molecule has 0 radical (unpaired) electrons. The third-order valence-electron chi connectivity index (χ3n) is 5.03. The minimum absolute atomic E-state index is 0.221. The van der Waals surface area contributed by atoms with E-state index in [0.29, 0.717) is 6.42 Å². The van der Waals surface area contributed by atoms with Crippen molar-refractivity contribution in [3.63, 3.8) is 0 Å². The Morgan fingerprint density at radius 2 is 1.70 bits per heavy atom. The Kier molecular flexibility index (Phi) is 4.88. The highest BCUT2D eigenvalue weighted by Gasteiger charge is 2.14. The summed E-state index contributed by atoms with van der Waals surface area (Å²) in [6, 6.07) is 18.9. The summed E-state index contributed by atoms with van der Waals surface area (Å²) >= 11 is 0. The summed E-state index contributed by atoms with van der Waals surface area (Å²) in [4.78, 5) is 15.2. The van der Waals surface area contributed by atoms with Crippen LogP contribution in [-0.2, 0) is 17.8 Å². The predicted octanol–water partition coefficient (Wildman–Crippen LogP) is 5.04. The summed E-state index contributed by atoms with van der Waals surface area (Å²) in [5, 5.41) is 11.3. The van der Waals surface area contributed by atoms with Gasteiger partial charge in [-0.05, 0) is 36.5 Å². The molecule has 1 N–H and O–H groups in total. The van der Waals surface area contributed by atoms with Crippen LogP contribution in [0.4, 0.5) is 0 Å². The Hall–Kier alpha value is -3.14. The van der Waals surface area contributed by atoms with Gasteiger partial charge in [-0.25, -0.2) is 0 Å². The molecule has 0 saturated heterocycles. The van der Waals surface area contributed by atoms with Crippen molar-refractivity contribution < 1.29 is 9.90 Å². The molecule has 0 aliphatic rings. The van der Waals surface area contributed by atoms with Crippen LogP contribution in [-0.4, -0.2) is 20.6 Å². The molecule has 0 saturated carbocycles. The van der Waals surface area contributed by atoms with Gasteiger partial charge in [0.1, 0.15) is 0 Å². The number of para-hydroxylation sites is 1. The summed E-state index contributed by atoms with van der Waals surface area (Å²) < 4.78 is 2.33. The first-order valence-electron chi connectivity index (χ1n) is 9.33. The van der Waals surface area contributed by atoms with Crippen molar-refractivity contribution in [2.24, 2.45) is 0 Å². The Balaban J connectivity index is 1.77. The molecule has 0 fully saturated rings. The molecule has 0 aliphatic heterocycles. The summed E-state index contributed by atoms with van der Waals surface area (Å²) in [6.45, 7) is 0.801. The molecule has 4 heteroatoms. The summed E-state index contributed by atoms with van der Waals surface area (Å²) in [5.74, 6) is -0.731. The van der Waals surface area contributed by atoms with Gasteiger partial charge in [-0.2, -0.15) is 0 Å². The van der Waals surface area contributed by atoms with Crippen molar-refractivity contribution in [2.45, 2.75) is 32.2 Å². The molecular weight excluding hydrogens is 336 g/mol. The van der Waals surface area contributed by atoms with Crippen LogP contribution in [0, 0.1) is 0 Å². The molecule has 4 nitrogen and oxygen atoms in total. The number of nitrogens with zero attached hydrogens (tertiary/aromatic N) is 2. The van der Waals surface area contributed by atoms with Crippen LogP contribution in [0.5, 0.6) is 0 Å². The first-order valence-corrected chi connectivity index (χ1v) is 9.33. The van der Waals surface area contributed by atoms with Crippen molar-refractivity contribution in [1.82, 2.24) is 9.55 Å². The van der Waals surface area contributed by atoms with Gasteiger partial charge in [-0.1, -0.05) is 48.5 Å². The van der Waals surface area contributed by atoms with E-state index in [4.69, 9.17) is 5.11 Å². The molecule has 0 spiro atoms. The number of pyridine rings is 1. The molecular formula is C23H22N2O2. The van der Waals surface area contributed by atoms with E-state index in [1.54, 1.807) is 0 Å². The second kappa shape index (κ2) is 7.62. The SMILES string of the molecule is O=C(O)CCCCc1cncc2c1c1ccccc1n2Cc1ccccc1. The molecule has 2 aromatic heterocycles. The van der Waals surface area contributed by atoms with E-state index in [2.05, 4.69) is 58.1 Å². The maximum Gasteiger partial charge on any atom is 0.303 e. The molecule has 4 rings (SSSR count). The van der Waals surface area contributed by atoms with E-state index in [1.165, 1.54) is 27.4 Å². The van der Waals surface area contributed by atoms with Gasteiger partial charge in [-0.15, -0.1) is 0 Å². The lowest BCUT2D eigenvalue weighted by Crippen LogP contribution is -2.00. The Bertz CT molecular complexity index is 1080. The average molecular weight is 358 g/mol. The first kappa shape index (κ1) is 17.3. The number of hydrogen-bond acceptors (Lipinski definition) is 2. The second-order valence-corrected chi connectivity index (χ2v) is 6.88. The number of carbonyl (C=O) groups is 1. The quantitative estimate of drug-likeness (QED) is 0.471. The lowest BCUT2D eigenvalue weighted by molar-refractivity contribution is -0.137. The van der Waals surface area contributed by atoms with E-state index in [0.717, 1.165) is 24.9 Å². The zero-order chi connectivity index (χ0) is 18.6. The number of hydrogen-bond donors (Lipinski definition) is 1. The van der Waals surface area contributed by atoms with E-state index in [9.17, 15) is 4.79 Å². The lowest BCUT2D eigenvalue weighted by atomic mass is 10.0. The molecule has 0 atom stereocenters. The highest BCUT2D eigenvalue weighted by Crippen LogP contribution is 2.32. The maximum atomic E-state index is 10.8. The first-order chi connectivity index (χ1) is 13.2. The van der Waals surface area contributed by atoms with Gasteiger partial charge in [0.05, 0.1) is 11.7 Å². The van der Waals surface area contributed by atoms with Gasteiger partial charge < -0.3 is 9.67 Å². The standard InChI is InChI=1S/C23H22N2O2/c26-22(27)13-7-4-10-18-14-24-15-21-23(18)19-11-5-6-12-20(19)25(21)16-17-8-2-1-3-9-17/h1-3,5-6,8-9,11-12,14-15H,4,7,10,13,16H2,(H,26,27). The molecule has 2 aromatic carbocycles. The van der Waals surface area contributed by atoms with Gasteiger partial charge >= 0.3 is 5.97 Å². The van der Waals surface area contributed by atoms with Crippen molar-refractivity contribution in [1.29, 1.82) is 0 Å². The van der Waals surface area contributed by atoms with Crippen LogP contribution < -0.4 is 0 Å². The number of aryl methyl sites for hydroxylation is 1. The molecule has 2 heterocycles. The van der Waals surface area contributed by atoms with Gasteiger partial charge in [-0.3, -0.25) is 9.78 Å². The van der Waals surface area contributed by atoms with Crippen LogP contribution in [0.3, 0.4) is 0 Å². The van der Waals surface area contributed by atoms with Crippen molar-refractivity contribution in [3.05, 3.63) is 78.1 Å². The van der Waals surface area contributed by atoms with Gasteiger partial charge in [0.15, 0.2) is 0 Å². The molecule has 27 heavy (non-hydrogen) atoms. The molecule has 0 unspecified atom stereocenters. The maximum absolute atomic E-state index is 10.8. The fraction of sp³-hybridized carbons (Fsp3) is 0.217. The highest BCUT2D eigenvalue weighted by molar-refractivity contribution is 6.09. The van der Waals surface area contributed by atoms with E-state index in [-0.39, 0.29) is 6.42 Å². The highest BCUT2D eigenvalue weighted by atomic mass is 16.4. The number of carboxylic acid groups (broad SMARTS) is 1. The van der Waals surface area contributed by atoms with Gasteiger partial charge in [0.2, 0.25) is 0 Å². The van der Waals surface area contributed by atoms with Crippen LogP contribution in [0.1, 0.15) is 30.4 Å². The largest absolute Gasteiger partial charge is 0.481 e. The van der Waals surface area contributed by atoms with Crippen LogP contribution >= 0.6 is 0 Å². The number of fused-ring (bicyclic) bond motifs is 3. The Morgan fingerprint density at radius 3 is 2.52 bits per heavy atom. The van der Waals surface area contributed by atoms with E-state index in [1.807, 2.05) is 18.5 Å². The Labute approximate surface area is 158 Å². The third kappa shape index (κ3) is 3.56. The predicted molar refractivity (Wildman–Crippen MR) is 108 cm³/mol. The fourth-order valence-electron chi connectivity index (χ4n) is 3.77. The zero-order valence-electron chi connectivity index (χ0n) is 15.1. The fourth-order valence-corrected chi connectivity index (χ4v) is 3.77. The van der Waals surface area contributed by atoms with Gasteiger partial charge in [0, 0.05) is 35.5 Å². The van der Waals surface area contributed by atoms with Crippen molar-refractivity contribution in [2.75, 3.05) is 0 Å². The molecule has 0 bridgehead atoms. The van der Waals surface area contributed by atoms with E-state index >= 15 is 0 Å². The lowest BCUT2D eigenvalue weighted by Gasteiger charge is -2.08. The number of benzene rings is 2. The minimum Gasteiger partial charge on any atom is -0.481 e. The normalized spacial score (nSPS) is 11.3. The zero-order valence-corrected chi connectivity index (χ0v) is 15.1. The van der Waals surface area contributed by atoms with Crippen LogP contribution in [0.25, 0.3) is 21.8 Å². The molecule has 4 aromatic rings. The van der Waals surface area contributed by atoms with Crippen molar-refractivity contribution >= 4 is 27.8 Å². The number of aromatic nitrogens is 2. The average Bonchev–Trinajstić information content (AvgIpc) is 3.01.